The highest BCUT2D eigenvalue weighted by molar-refractivity contribution is 5.21. The first-order chi connectivity index (χ1) is 8.75. The standard InChI is InChI=1S/C15H21N3/c1-12-5-7-14(8-6-12)10-16-9-3-4-15-11-17-18-13(15)2/h5-8,11,16H,3-4,9-10H2,1-2H3,(H,17,18). The number of aromatic nitrogens is 2. The van der Waals surface area contributed by atoms with Crippen molar-refractivity contribution in [2.45, 2.75) is 33.2 Å². The van der Waals surface area contributed by atoms with E-state index < -0.39 is 0 Å². The molecule has 0 amide bonds. The van der Waals surface area contributed by atoms with E-state index in [1.807, 2.05) is 6.20 Å². The van der Waals surface area contributed by atoms with Gasteiger partial charge in [0.1, 0.15) is 0 Å². The van der Waals surface area contributed by atoms with Gasteiger partial charge < -0.3 is 5.32 Å². The van der Waals surface area contributed by atoms with E-state index in [0.717, 1.165) is 25.9 Å². The minimum atomic E-state index is 0.949. The largest absolute Gasteiger partial charge is 0.313 e. The fourth-order valence-corrected chi connectivity index (χ4v) is 1.97. The molecular formula is C15H21N3. The first-order valence-electron chi connectivity index (χ1n) is 6.51. The molecule has 0 bridgehead atoms. The molecule has 0 saturated carbocycles. The van der Waals surface area contributed by atoms with Crippen molar-refractivity contribution in [1.29, 1.82) is 0 Å². The second-order valence-electron chi connectivity index (χ2n) is 4.79. The summed E-state index contributed by atoms with van der Waals surface area (Å²) < 4.78 is 0. The summed E-state index contributed by atoms with van der Waals surface area (Å²) in [4.78, 5) is 0. The molecule has 0 aliphatic rings. The van der Waals surface area contributed by atoms with Crippen LogP contribution in [0.5, 0.6) is 0 Å². The van der Waals surface area contributed by atoms with Gasteiger partial charge in [0.05, 0.1) is 6.20 Å². The molecule has 1 aromatic carbocycles. The minimum Gasteiger partial charge on any atom is -0.313 e. The average Bonchev–Trinajstić information content (AvgIpc) is 2.77. The molecule has 0 radical (unpaired) electrons. The van der Waals surface area contributed by atoms with Crippen LogP contribution in [-0.4, -0.2) is 16.7 Å². The zero-order valence-corrected chi connectivity index (χ0v) is 11.2. The molecule has 1 heterocycles. The summed E-state index contributed by atoms with van der Waals surface area (Å²) in [6.45, 7) is 6.18. The second-order valence-corrected chi connectivity index (χ2v) is 4.79. The van der Waals surface area contributed by atoms with Crippen molar-refractivity contribution in [3.8, 4) is 0 Å². The number of H-pyrrole nitrogens is 1. The zero-order valence-electron chi connectivity index (χ0n) is 11.2. The number of rotatable bonds is 6. The van der Waals surface area contributed by atoms with E-state index in [9.17, 15) is 0 Å². The van der Waals surface area contributed by atoms with Gasteiger partial charge in [-0.25, -0.2) is 0 Å². The number of aromatic amines is 1. The third kappa shape index (κ3) is 3.70. The first kappa shape index (κ1) is 12.8. The van der Waals surface area contributed by atoms with Crippen LogP contribution < -0.4 is 5.32 Å². The molecular weight excluding hydrogens is 222 g/mol. The average molecular weight is 243 g/mol. The maximum atomic E-state index is 4.03. The lowest BCUT2D eigenvalue weighted by molar-refractivity contribution is 0.648. The van der Waals surface area contributed by atoms with E-state index in [1.54, 1.807) is 0 Å². The predicted molar refractivity (Wildman–Crippen MR) is 74.5 cm³/mol. The molecule has 3 nitrogen and oxygen atoms in total. The second kappa shape index (κ2) is 6.36. The van der Waals surface area contributed by atoms with E-state index in [2.05, 4.69) is 53.6 Å². The van der Waals surface area contributed by atoms with Crippen molar-refractivity contribution in [3.63, 3.8) is 0 Å². The van der Waals surface area contributed by atoms with Gasteiger partial charge in [-0.3, -0.25) is 5.10 Å². The van der Waals surface area contributed by atoms with Crippen molar-refractivity contribution in [2.75, 3.05) is 6.54 Å². The van der Waals surface area contributed by atoms with E-state index in [1.165, 1.54) is 22.4 Å². The van der Waals surface area contributed by atoms with E-state index in [-0.39, 0.29) is 0 Å². The van der Waals surface area contributed by atoms with Gasteiger partial charge >= 0.3 is 0 Å². The van der Waals surface area contributed by atoms with Gasteiger partial charge in [-0.1, -0.05) is 29.8 Å². The maximum Gasteiger partial charge on any atom is 0.0522 e. The summed E-state index contributed by atoms with van der Waals surface area (Å²) in [6.07, 6.45) is 4.16. The lowest BCUT2D eigenvalue weighted by Gasteiger charge is -2.05. The summed E-state index contributed by atoms with van der Waals surface area (Å²) in [5, 5.41) is 10.5. The highest BCUT2D eigenvalue weighted by Gasteiger charge is 1.99. The number of aryl methyl sites for hydroxylation is 3. The van der Waals surface area contributed by atoms with Crippen LogP contribution in [0.15, 0.2) is 30.5 Å². The normalized spacial score (nSPS) is 10.8. The molecule has 1 aromatic heterocycles. The fraction of sp³-hybridized carbons (Fsp3) is 0.400. The highest BCUT2D eigenvalue weighted by Crippen LogP contribution is 2.05. The topological polar surface area (TPSA) is 40.7 Å². The molecule has 2 rings (SSSR count). The lowest BCUT2D eigenvalue weighted by Crippen LogP contribution is -2.15. The fourth-order valence-electron chi connectivity index (χ4n) is 1.97. The Balaban J connectivity index is 1.64. The Labute approximate surface area is 109 Å². The smallest absolute Gasteiger partial charge is 0.0522 e. The summed E-state index contributed by atoms with van der Waals surface area (Å²) >= 11 is 0. The minimum absolute atomic E-state index is 0.949. The highest BCUT2D eigenvalue weighted by atomic mass is 15.1. The number of benzene rings is 1. The number of hydrogen-bond acceptors (Lipinski definition) is 2. The van der Waals surface area contributed by atoms with Gasteiger partial charge in [-0.2, -0.15) is 5.10 Å². The molecule has 3 heteroatoms. The van der Waals surface area contributed by atoms with Crippen LogP contribution in [0.25, 0.3) is 0 Å². The molecule has 2 N–H and O–H groups in total. The maximum absolute atomic E-state index is 4.03. The quantitative estimate of drug-likeness (QED) is 0.766. The molecule has 96 valence electrons. The van der Waals surface area contributed by atoms with Gasteiger partial charge in [0.15, 0.2) is 0 Å². The Bertz CT molecular complexity index is 471. The molecule has 0 aliphatic heterocycles. The monoisotopic (exact) mass is 243 g/mol. The molecule has 0 aliphatic carbocycles. The lowest BCUT2D eigenvalue weighted by atomic mass is 10.1. The van der Waals surface area contributed by atoms with Gasteiger partial charge in [0.25, 0.3) is 0 Å². The Morgan fingerprint density at radius 1 is 1.17 bits per heavy atom. The molecule has 18 heavy (non-hydrogen) atoms. The molecule has 0 spiro atoms. The third-order valence-corrected chi connectivity index (χ3v) is 3.18. The number of nitrogens with zero attached hydrogens (tertiary/aromatic N) is 1. The van der Waals surface area contributed by atoms with Crippen molar-refractivity contribution in [1.82, 2.24) is 15.5 Å². The van der Waals surface area contributed by atoms with Crippen LogP contribution in [0.1, 0.15) is 28.8 Å². The van der Waals surface area contributed by atoms with Gasteiger partial charge in [0, 0.05) is 12.2 Å². The van der Waals surface area contributed by atoms with Gasteiger partial charge in [-0.05, 0) is 44.4 Å². The van der Waals surface area contributed by atoms with Crippen molar-refractivity contribution >= 4 is 0 Å². The van der Waals surface area contributed by atoms with Crippen molar-refractivity contribution in [3.05, 3.63) is 52.8 Å². The van der Waals surface area contributed by atoms with E-state index in [4.69, 9.17) is 0 Å². The van der Waals surface area contributed by atoms with Gasteiger partial charge in [0.2, 0.25) is 0 Å². The number of nitrogens with one attached hydrogen (secondary N) is 2. The zero-order chi connectivity index (χ0) is 12.8. The van der Waals surface area contributed by atoms with Crippen LogP contribution in [0, 0.1) is 13.8 Å². The summed E-state index contributed by atoms with van der Waals surface area (Å²) in [6, 6.07) is 8.68. The van der Waals surface area contributed by atoms with Gasteiger partial charge in [-0.15, -0.1) is 0 Å². The van der Waals surface area contributed by atoms with Crippen LogP contribution in [-0.2, 0) is 13.0 Å². The Hall–Kier alpha value is -1.61. The predicted octanol–water partition coefficient (Wildman–Crippen LogP) is 2.75. The molecule has 0 saturated heterocycles. The van der Waals surface area contributed by atoms with Crippen molar-refractivity contribution < 1.29 is 0 Å². The van der Waals surface area contributed by atoms with E-state index >= 15 is 0 Å². The molecule has 0 fully saturated rings. The summed E-state index contributed by atoms with van der Waals surface area (Å²) in [5.41, 5.74) is 5.18. The Morgan fingerprint density at radius 2 is 1.94 bits per heavy atom. The van der Waals surface area contributed by atoms with Crippen LogP contribution in [0.4, 0.5) is 0 Å². The summed E-state index contributed by atoms with van der Waals surface area (Å²) in [7, 11) is 0. The number of hydrogen-bond donors (Lipinski definition) is 2. The van der Waals surface area contributed by atoms with Crippen LogP contribution in [0.2, 0.25) is 0 Å². The SMILES string of the molecule is Cc1ccc(CNCCCc2cn[nH]c2C)cc1. The Kier molecular flexibility index (Phi) is 4.53. The van der Waals surface area contributed by atoms with E-state index in [0.29, 0.717) is 0 Å². The third-order valence-electron chi connectivity index (χ3n) is 3.18. The summed E-state index contributed by atoms with van der Waals surface area (Å²) in [5.74, 6) is 0. The molecule has 0 atom stereocenters. The van der Waals surface area contributed by atoms with Crippen LogP contribution in [0.3, 0.4) is 0 Å². The molecule has 0 unspecified atom stereocenters. The first-order valence-corrected chi connectivity index (χ1v) is 6.51. The molecule has 2 aromatic rings. The van der Waals surface area contributed by atoms with Crippen LogP contribution >= 0.6 is 0 Å². The van der Waals surface area contributed by atoms with Crippen molar-refractivity contribution in [2.24, 2.45) is 0 Å². The Morgan fingerprint density at radius 3 is 2.61 bits per heavy atom.